The number of imidazole rings is 1. The van der Waals surface area contributed by atoms with Crippen LogP contribution in [0.3, 0.4) is 0 Å². The molecule has 0 saturated heterocycles. The third-order valence-electron chi connectivity index (χ3n) is 2.43. The number of H-pyrrole nitrogens is 1. The molecule has 0 aliphatic heterocycles. The SMILES string of the molecule is COc1cccc(-c2ncc(C(C)N)[nH]2)c1. The van der Waals surface area contributed by atoms with E-state index < -0.39 is 0 Å². The second-order valence-electron chi connectivity index (χ2n) is 3.71. The van der Waals surface area contributed by atoms with E-state index in [2.05, 4.69) is 9.97 Å². The fourth-order valence-corrected chi connectivity index (χ4v) is 1.48. The molecule has 4 heteroatoms. The maximum atomic E-state index is 5.77. The molecule has 1 aromatic carbocycles. The lowest BCUT2D eigenvalue weighted by Crippen LogP contribution is -2.04. The van der Waals surface area contributed by atoms with Crippen molar-refractivity contribution in [3.8, 4) is 17.1 Å². The van der Waals surface area contributed by atoms with E-state index in [1.165, 1.54) is 0 Å². The molecule has 1 unspecified atom stereocenters. The molecule has 3 N–H and O–H groups in total. The Balaban J connectivity index is 2.34. The molecule has 84 valence electrons. The fraction of sp³-hybridized carbons (Fsp3) is 0.250. The van der Waals surface area contributed by atoms with Crippen molar-refractivity contribution in [2.75, 3.05) is 7.11 Å². The lowest BCUT2D eigenvalue weighted by molar-refractivity contribution is 0.415. The van der Waals surface area contributed by atoms with Crippen molar-refractivity contribution in [1.29, 1.82) is 0 Å². The van der Waals surface area contributed by atoms with E-state index >= 15 is 0 Å². The average Bonchev–Trinajstić information content (AvgIpc) is 2.78. The van der Waals surface area contributed by atoms with Gasteiger partial charge in [-0.05, 0) is 19.1 Å². The van der Waals surface area contributed by atoms with Crippen LogP contribution in [0.5, 0.6) is 5.75 Å². The van der Waals surface area contributed by atoms with Gasteiger partial charge in [0.05, 0.1) is 19.0 Å². The largest absolute Gasteiger partial charge is 0.497 e. The van der Waals surface area contributed by atoms with E-state index in [0.29, 0.717) is 0 Å². The average molecular weight is 217 g/mol. The number of aromatic amines is 1. The lowest BCUT2D eigenvalue weighted by atomic mass is 10.2. The normalized spacial score (nSPS) is 12.4. The van der Waals surface area contributed by atoms with E-state index in [0.717, 1.165) is 22.8 Å². The summed E-state index contributed by atoms with van der Waals surface area (Å²) in [5, 5.41) is 0. The summed E-state index contributed by atoms with van der Waals surface area (Å²) in [4.78, 5) is 7.48. The second kappa shape index (κ2) is 4.37. The zero-order valence-corrected chi connectivity index (χ0v) is 9.40. The summed E-state index contributed by atoms with van der Waals surface area (Å²) in [5.41, 5.74) is 7.69. The Morgan fingerprint density at radius 2 is 2.25 bits per heavy atom. The van der Waals surface area contributed by atoms with Crippen molar-refractivity contribution in [2.45, 2.75) is 13.0 Å². The van der Waals surface area contributed by atoms with E-state index in [1.54, 1.807) is 13.3 Å². The maximum Gasteiger partial charge on any atom is 0.137 e. The summed E-state index contributed by atoms with van der Waals surface area (Å²) in [6.45, 7) is 1.92. The molecular formula is C12H15N3O. The number of nitrogens with one attached hydrogen (secondary N) is 1. The van der Waals surface area contributed by atoms with E-state index in [-0.39, 0.29) is 6.04 Å². The number of nitrogens with zero attached hydrogens (tertiary/aromatic N) is 1. The zero-order valence-electron chi connectivity index (χ0n) is 9.40. The Kier molecular flexibility index (Phi) is 2.92. The number of hydrogen-bond donors (Lipinski definition) is 2. The first-order valence-electron chi connectivity index (χ1n) is 5.15. The number of benzene rings is 1. The van der Waals surface area contributed by atoms with Gasteiger partial charge in [0, 0.05) is 11.6 Å². The van der Waals surface area contributed by atoms with Gasteiger partial charge in [-0.25, -0.2) is 4.98 Å². The number of rotatable bonds is 3. The molecule has 0 bridgehead atoms. The highest BCUT2D eigenvalue weighted by atomic mass is 16.5. The van der Waals surface area contributed by atoms with Crippen molar-refractivity contribution < 1.29 is 4.74 Å². The van der Waals surface area contributed by atoms with Gasteiger partial charge in [-0.2, -0.15) is 0 Å². The first kappa shape index (κ1) is 10.7. The summed E-state index contributed by atoms with van der Waals surface area (Å²) in [7, 11) is 1.65. The minimum atomic E-state index is -0.0353. The third-order valence-corrected chi connectivity index (χ3v) is 2.43. The van der Waals surface area contributed by atoms with Crippen LogP contribution in [0.4, 0.5) is 0 Å². The number of nitrogens with two attached hydrogens (primary N) is 1. The number of aromatic nitrogens is 2. The van der Waals surface area contributed by atoms with Crippen LogP contribution < -0.4 is 10.5 Å². The first-order chi connectivity index (χ1) is 7.70. The minimum absolute atomic E-state index is 0.0353. The van der Waals surface area contributed by atoms with Crippen LogP contribution in [0.25, 0.3) is 11.4 Å². The molecule has 0 spiro atoms. The smallest absolute Gasteiger partial charge is 0.137 e. The lowest BCUT2D eigenvalue weighted by Gasteiger charge is -2.02. The van der Waals surface area contributed by atoms with E-state index in [4.69, 9.17) is 10.5 Å². The number of ether oxygens (including phenoxy) is 1. The van der Waals surface area contributed by atoms with Crippen molar-refractivity contribution >= 4 is 0 Å². The predicted octanol–water partition coefficient (Wildman–Crippen LogP) is 2.10. The summed E-state index contributed by atoms with van der Waals surface area (Å²) in [5.74, 6) is 1.63. The summed E-state index contributed by atoms with van der Waals surface area (Å²) < 4.78 is 5.16. The van der Waals surface area contributed by atoms with Gasteiger partial charge in [0.25, 0.3) is 0 Å². The van der Waals surface area contributed by atoms with Crippen LogP contribution in [0.2, 0.25) is 0 Å². The molecule has 0 saturated carbocycles. The Morgan fingerprint density at radius 1 is 1.44 bits per heavy atom. The van der Waals surface area contributed by atoms with Crippen molar-refractivity contribution in [1.82, 2.24) is 9.97 Å². The predicted molar refractivity (Wildman–Crippen MR) is 63.2 cm³/mol. The number of hydrogen-bond acceptors (Lipinski definition) is 3. The highest BCUT2D eigenvalue weighted by Gasteiger charge is 2.06. The van der Waals surface area contributed by atoms with Gasteiger partial charge < -0.3 is 15.5 Å². The monoisotopic (exact) mass is 217 g/mol. The maximum absolute atomic E-state index is 5.77. The van der Waals surface area contributed by atoms with Gasteiger partial charge >= 0.3 is 0 Å². The highest BCUT2D eigenvalue weighted by molar-refractivity contribution is 5.57. The molecule has 1 atom stereocenters. The molecule has 4 nitrogen and oxygen atoms in total. The van der Waals surface area contributed by atoms with Gasteiger partial charge in [-0.1, -0.05) is 12.1 Å². The van der Waals surface area contributed by atoms with Crippen molar-refractivity contribution in [2.24, 2.45) is 5.73 Å². The fourth-order valence-electron chi connectivity index (χ4n) is 1.48. The Bertz CT molecular complexity index is 477. The first-order valence-corrected chi connectivity index (χ1v) is 5.15. The Morgan fingerprint density at radius 3 is 2.88 bits per heavy atom. The molecule has 1 heterocycles. The van der Waals surface area contributed by atoms with E-state index in [1.807, 2.05) is 31.2 Å². The topological polar surface area (TPSA) is 63.9 Å². The van der Waals surface area contributed by atoms with Gasteiger partial charge in [0.1, 0.15) is 11.6 Å². The molecule has 16 heavy (non-hydrogen) atoms. The van der Waals surface area contributed by atoms with Crippen LogP contribution in [0, 0.1) is 0 Å². The van der Waals surface area contributed by atoms with Gasteiger partial charge in [0.15, 0.2) is 0 Å². The molecule has 0 radical (unpaired) electrons. The Labute approximate surface area is 94.5 Å². The standard InChI is InChI=1S/C12H15N3O/c1-8(13)11-7-14-12(15-11)9-4-3-5-10(6-9)16-2/h3-8H,13H2,1-2H3,(H,14,15). The van der Waals surface area contributed by atoms with Crippen LogP contribution in [-0.2, 0) is 0 Å². The molecule has 0 fully saturated rings. The second-order valence-corrected chi connectivity index (χ2v) is 3.71. The summed E-state index contributed by atoms with van der Waals surface area (Å²) >= 11 is 0. The molecule has 0 aliphatic rings. The molecule has 1 aromatic heterocycles. The molecule has 0 aliphatic carbocycles. The Hall–Kier alpha value is -1.81. The quantitative estimate of drug-likeness (QED) is 0.827. The van der Waals surface area contributed by atoms with Crippen LogP contribution >= 0.6 is 0 Å². The third kappa shape index (κ3) is 2.06. The van der Waals surface area contributed by atoms with Crippen LogP contribution in [-0.4, -0.2) is 17.1 Å². The summed E-state index contributed by atoms with van der Waals surface area (Å²) in [6, 6.07) is 7.71. The minimum Gasteiger partial charge on any atom is -0.497 e. The molecule has 2 rings (SSSR count). The van der Waals surface area contributed by atoms with Gasteiger partial charge in [-0.3, -0.25) is 0 Å². The zero-order chi connectivity index (χ0) is 11.5. The van der Waals surface area contributed by atoms with E-state index in [9.17, 15) is 0 Å². The highest BCUT2D eigenvalue weighted by Crippen LogP contribution is 2.22. The van der Waals surface area contributed by atoms with Gasteiger partial charge in [-0.15, -0.1) is 0 Å². The van der Waals surface area contributed by atoms with Crippen molar-refractivity contribution in [3.63, 3.8) is 0 Å². The van der Waals surface area contributed by atoms with Gasteiger partial charge in [0.2, 0.25) is 0 Å². The van der Waals surface area contributed by atoms with Crippen LogP contribution in [0.1, 0.15) is 18.7 Å². The van der Waals surface area contributed by atoms with Crippen molar-refractivity contribution in [3.05, 3.63) is 36.2 Å². The molecule has 2 aromatic rings. The molecule has 0 amide bonds. The summed E-state index contributed by atoms with van der Waals surface area (Å²) in [6.07, 6.45) is 1.76. The number of methoxy groups -OCH3 is 1. The van der Waals surface area contributed by atoms with Crippen LogP contribution in [0.15, 0.2) is 30.5 Å². The molecular weight excluding hydrogens is 202 g/mol.